The number of benzene rings is 3. The van der Waals surface area contributed by atoms with Gasteiger partial charge in [0.2, 0.25) is 5.91 Å². The fraction of sp³-hybridized carbons (Fsp3) is 0.182. The number of anilines is 2. The van der Waals surface area contributed by atoms with Crippen molar-refractivity contribution in [2.45, 2.75) is 12.8 Å². The fourth-order valence-corrected chi connectivity index (χ4v) is 3.25. The van der Waals surface area contributed by atoms with Crippen LogP contribution in [-0.4, -0.2) is 25.0 Å². The van der Waals surface area contributed by atoms with E-state index in [0.29, 0.717) is 17.9 Å². The molecular formula is C22H20N2O3. The summed E-state index contributed by atoms with van der Waals surface area (Å²) in [5.41, 5.74) is 1.54. The number of rotatable bonds is 5. The van der Waals surface area contributed by atoms with Gasteiger partial charge in [-0.25, -0.2) is 0 Å². The van der Waals surface area contributed by atoms with Crippen molar-refractivity contribution in [2.24, 2.45) is 0 Å². The lowest BCUT2D eigenvalue weighted by Crippen LogP contribution is -2.23. The second-order valence-corrected chi connectivity index (χ2v) is 6.54. The number of hydrogen-bond acceptors (Lipinski definition) is 3. The number of hydrogen-bond donors (Lipinski definition) is 1. The second kappa shape index (κ2) is 7.50. The highest BCUT2D eigenvalue weighted by molar-refractivity contribution is 5.96. The van der Waals surface area contributed by atoms with E-state index in [0.717, 1.165) is 29.4 Å². The van der Waals surface area contributed by atoms with Crippen molar-refractivity contribution in [1.82, 2.24) is 0 Å². The van der Waals surface area contributed by atoms with Gasteiger partial charge in [-0.15, -0.1) is 0 Å². The van der Waals surface area contributed by atoms with Crippen LogP contribution < -0.4 is 15.0 Å². The van der Waals surface area contributed by atoms with E-state index < -0.39 is 0 Å². The monoisotopic (exact) mass is 360 g/mol. The number of ether oxygens (including phenoxy) is 1. The zero-order valence-corrected chi connectivity index (χ0v) is 14.9. The van der Waals surface area contributed by atoms with E-state index in [1.807, 2.05) is 54.6 Å². The van der Waals surface area contributed by atoms with Gasteiger partial charge in [-0.1, -0.05) is 30.3 Å². The summed E-state index contributed by atoms with van der Waals surface area (Å²) < 4.78 is 5.60. The highest BCUT2D eigenvalue weighted by Gasteiger charge is 2.21. The molecular weight excluding hydrogens is 340 g/mol. The molecule has 2 amide bonds. The van der Waals surface area contributed by atoms with E-state index in [4.69, 9.17) is 4.74 Å². The molecule has 0 radical (unpaired) electrons. The first-order valence-corrected chi connectivity index (χ1v) is 9.01. The van der Waals surface area contributed by atoms with Gasteiger partial charge in [0.1, 0.15) is 5.75 Å². The van der Waals surface area contributed by atoms with Gasteiger partial charge in [-0.3, -0.25) is 9.59 Å². The van der Waals surface area contributed by atoms with Crippen LogP contribution in [0.25, 0.3) is 10.8 Å². The van der Waals surface area contributed by atoms with Crippen LogP contribution in [0.15, 0.2) is 66.7 Å². The first-order chi connectivity index (χ1) is 13.2. The molecule has 0 aliphatic carbocycles. The molecule has 3 aromatic carbocycles. The van der Waals surface area contributed by atoms with Crippen LogP contribution in [0.2, 0.25) is 0 Å². The smallest absolute Gasteiger partial charge is 0.262 e. The summed E-state index contributed by atoms with van der Waals surface area (Å²) in [6.45, 7) is 0.689. The van der Waals surface area contributed by atoms with Crippen LogP contribution in [0.4, 0.5) is 11.4 Å². The lowest BCUT2D eigenvalue weighted by atomic mass is 10.1. The Labute approximate surface area is 157 Å². The first-order valence-electron chi connectivity index (χ1n) is 9.01. The maximum Gasteiger partial charge on any atom is 0.262 e. The molecule has 1 N–H and O–H groups in total. The van der Waals surface area contributed by atoms with Crippen molar-refractivity contribution in [3.8, 4) is 5.75 Å². The van der Waals surface area contributed by atoms with Gasteiger partial charge in [-0.05, 0) is 53.6 Å². The predicted molar refractivity (Wildman–Crippen MR) is 106 cm³/mol. The molecule has 0 aromatic heterocycles. The molecule has 27 heavy (non-hydrogen) atoms. The highest BCUT2D eigenvalue weighted by atomic mass is 16.5. The van der Waals surface area contributed by atoms with Gasteiger partial charge >= 0.3 is 0 Å². The third kappa shape index (κ3) is 3.92. The van der Waals surface area contributed by atoms with Gasteiger partial charge in [0.25, 0.3) is 5.91 Å². The average molecular weight is 360 g/mol. The normalized spacial score (nSPS) is 13.8. The van der Waals surface area contributed by atoms with Crippen molar-refractivity contribution >= 4 is 34.0 Å². The Morgan fingerprint density at radius 1 is 1.00 bits per heavy atom. The van der Waals surface area contributed by atoms with Gasteiger partial charge < -0.3 is 15.0 Å². The molecule has 0 bridgehead atoms. The Morgan fingerprint density at radius 3 is 2.52 bits per heavy atom. The number of carbonyl (C=O) groups is 2. The molecule has 4 rings (SSSR count). The van der Waals surface area contributed by atoms with E-state index in [-0.39, 0.29) is 18.4 Å². The van der Waals surface area contributed by atoms with E-state index in [1.54, 1.807) is 17.0 Å². The maximum atomic E-state index is 12.1. The zero-order valence-electron chi connectivity index (χ0n) is 14.9. The Morgan fingerprint density at radius 2 is 1.78 bits per heavy atom. The van der Waals surface area contributed by atoms with Crippen molar-refractivity contribution in [1.29, 1.82) is 0 Å². The fourth-order valence-electron chi connectivity index (χ4n) is 3.25. The summed E-state index contributed by atoms with van der Waals surface area (Å²) >= 11 is 0. The van der Waals surface area contributed by atoms with Gasteiger partial charge in [-0.2, -0.15) is 0 Å². The number of nitrogens with zero attached hydrogens (tertiary/aromatic N) is 1. The molecule has 5 heteroatoms. The largest absolute Gasteiger partial charge is 0.484 e. The first kappa shape index (κ1) is 17.1. The molecule has 1 heterocycles. The molecule has 0 atom stereocenters. The van der Waals surface area contributed by atoms with Crippen LogP contribution in [-0.2, 0) is 9.59 Å². The predicted octanol–water partition coefficient (Wildman–Crippen LogP) is 3.98. The Bertz CT molecular complexity index is 982. The van der Waals surface area contributed by atoms with E-state index >= 15 is 0 Å². The minimum absolute atomic E-state index is 0.0648. The quantitative estimate of drug-likeness (QED) is 0.749. The molecule has 0 saturated carbocycles. The van der Waals surface area contributed by atoms with E-state index in [2.05, 4.69) is 5.32 Å². The number of nitrogens with one attached hydrogen (secondary N) is 1. The molecule has 1 aliphatic heterocycles. The van der Waals surface area contributed by atoms with Crippen LogP contribution in [0, 0.1) is 0 Å². The standard InChI is InChI=1S/C22H20N2O3/c25-21(15-27-20-12-7-16-4-1-2-5-17(16)14-20)23-18-8-10-19(11-9-18)24-13-3-6-22(24)26/h1-2,4-5,7-12,14H,3,6,13,15H2,(H,23,25). The van der Waals surface area contributed by atoms with Crippen LogP contribution in [0.3, 0.4) is 0 Å². The topological polar surface area (TPSA) is 58.6 Å². The molecule has 3 aromatic rings. The third-order valence-corrected chi connectivity index (χ3v) is 4.63. The molecule has 1 fully saturated rings. The third-order valence-electron chi connectivity index (χ3n) is 4.63. The summed E-state index contributed by atoms with van der Waals surface area (Å²) in [5, 5.41) is 5.01. The Hall–Kier alpha value is -3.34. The summed E-state index contributed by atoms with van der Waals surface area (Å²) in [5.74, 6) is 0.579. The molecule has 1 aliphatic rings. The van der Waals surface area contributed by atoms with E-state index in [1.165, 1.54) is 0 Å². The van der Waals surface area contributed by atoms with Gasteiger partial charge in [0.05, 0.1) is 0 Å². The number of fused-ring (bicyclic) bond motifs is 1. The summed E-state index contributed by atoms with van der Waals surface area (Å²) in [7, 11) is 0. The lowest BCUT2D eigenvalue weighted by molar-refractivity contribution is -0.118. The van der Waals surface area contributed by atoms with Gasteiger partial charge in [0.15, 0.2) is 6.61 Å². The summed E-state index contributed by atoms with van der Waals surface area (Å²) in [4.78, 5) is 25.7. The zero-order chi connectivity index (χ0) is 18.6. The van der Waals surface area contributed by atoms with Crippen molar-refractivity contribution < 1.29 is 14.3 Å². The minimum Gasteiger partial charge on any atom is -0.484 e. The molecule has 136 valence electrons. The molecule has 1 saturated heterocycles. The minimum atomic E-state index is -0.229. The van der Waals surface area contributed by atoms with Gasteiger partial charge in [0, 0.05) is 24.3 Å². The van der Waals surface area contributed by atoms with Crippen molar-refractivity contribution in [3.05, 3.63) is 66.7 Å². The second-order valence-electron chi connectivity index (χ2n) is 6.54. The average Bonchev–Trinajstić information content (AvgIpc) is 3.13. The number of carbonyl (C=O) groups excluding carboxylic acids is 2. The van der Waals surface area contributed by atoms with Crippen LogP contribution in [0.1, 0.15) is 12.8 Å². The molecule has 0 spiro atoms. The summed E-state index contributed by atoms with van der Waals surface area (Å²) in [6.07, 6.45) is 1.49. The SMILES string of the molecule is O=C(COc1ccc2ccccc2c1)Nc1ccc(N2CCCC2=O)cc1. The maximum absolute atomic E-state index is 12.1. The van der Waals surface area contributed by atoms with Crippen LogP contribution >= 0.6 is 0 Å². The van der Waals surface area contributed by atoms with Crippen LogP contribution in [0.5, 0.6) is 5.75 Å². The lowest BCUT2D eigenvalue weighted by Gasteiger charge is -2.16. The summed E-state index contributed by atoms with van der Waals surface area (Å²) in [6, 6.07) is 21.1. The van der Waals surface area contributed by atoms with E-state index in [9.17, 15) is 9.59 Å². The molecule has 0 unspecified atom stereocenters. The van der Waals surface area contributed by atoms with Crippen molar-refractivity contribution in [2.75, 3.05) is 23.4 Å². The Kier molecular flexibility index (Phi) is 4.75. The molecule has 5 nitrogen and oxygen atoms in total. The number of amides is 2. The highest BCUT2D eigenvalue weighted by Crippen LogP contribution is 2.23. The van der Waals surface area contributed by atoms with Crippen molar-refractivity contribution in [3.63, 3.8) is 0 Å². The Balaban J connectivity index is 1.34.